The zero-order chi connectivity index (χ0) is 16.9. The molecule has 3 aromatic rings. The molecule has 0 radical (unpaired) electrons. The van der Waals surface area contributed by atoms with E-state index in [0.29, 0.717) is 5.82 Å². The van der Waals surface area contributed by atoms with E-state index in [1.807, 2.05) is 36.8 Å². The summed E-state index contributed by atoms with van der Waals surface area (Å²) in [6.07, 6.45) is 10.8. The van der Waals surface area contributed by atoms with Crippen LogP contribution in [0.15, 0.2) is 55.4 Å². The van der Waals surface area contributed by atoms with Gasteiger partial charge in [0.25, 0.3) is 0 Å². The maximum absolute atomic E-state index is 4.45. The lowest BCUT2D eigenvalue weighted by Crippen LogP contribution is -2.46. The molecule has 0 N–H and O–H groups in total. The molecule has 0 saturated carbocycles. The van der Waals surface area contributed by atoms with Gasteiger partial charge in [0.15, 0.2) is 5.82 Å². The zero-order valence-corrected chi connectivity index (χ0v) is 13.9. The van der Waals surface area contributed by atoms with Crippen LogP contribution in [0.2, 0.25) is 0 Å². The Kier molecular flexibility index (Phi) is 4.56. The number of rotatable bonds is 4. The van der Waals surface area contributed by atoms with Crippen LogP contribution in [0.25, 0.3) is 11.5 Å². The van der Waals surface area contributed by atoms with Gasteiger partial charge in [0.1, 0.15) is 11.5 Å². The summed E-state index contributed by atoms with van der Waals surface area (Å²) in [5, 5.41) is 0. The highest BCUT2D eigenvalue weighted by Crippen LogP contribution is 2.14. The fourth-order valence-corrected chi connectivity index (χ4v) is 2.91. The van der Waals surface area contributed by atoms with E-state index in [1.165, 1.54) is 0 Å². The van der Waals surface area contributed by atoms with Crippen molar-refractivity contribution in [1.82, 2.24) is 29.8 Å². The van der Waals surface area contributed by atoms with Gasteiger partial charge >= 0.3 is 0 Å². The number of hydrogen-bond acceptors (Lipinski definition) is 7. The highest BCUT2D eigenvalue weighted by molar-refractivity contribution is 5.47. The molecule has 7 nitrogen and oxygen atoms in total. The molecular formula is C18H19N7. The minimum atomic E-state index is 0.664. The van der Waals surface area contributed by atoms with Crippen LogP contribution in [-0.4, -0.2) is 56.0 Å². The van der Waals surface area contributed by atoms with Crippen LogP contribution < -0.4 is 4.90 Å². The summed E-state index contributed by atoms with van der Waals surface area (Å²) < 4.78 is 0. The van der Waals surface area contributed by atoms with Gasteiger partial charge in [0, 0.05) is 69.3 Å². The molecule has 0 aliphatic carbocycles. The van der Waals surface area contributed by atoms with Gasteiger partial charge in [0.2, 0.25) is 0 Å². The van der Waals surface area contributed by atoms with Gasteiger partial charge in [-0.25, -0.2) is 15.0 Å². The molecular weight excluding hydrogens is 314 g/mol. The Labute approximate surface area is 146 Å². The molecule has 0 bridgehead atoms. The van der Waals surface area contributed by atoms with Gasteiger partial charge in [-0.2, -0.15) is 0 Å². The van der Waals surface area contributed by atoms with Crippen molar-refractivity contribution in [2.75, 3.05) is 31.1 Å². The molecule has 25 heavy (non-hydrogen) atoms. The van der Waals surface area contributed by atoms with Gasteiger partial charge < -0.3 is 4.90 Å². The Morgan fingerprint density at radius 1 is 0.800 bits per heavy atom. The summed E-state index contributed by atoms with van der Waals surface area (Å²) in [6, 6.07) is 5.75. The third-order valence-electron chi connectivity index (χ3n) is 4.25. The Morgan fingerprint density at radius 2 is 1.64 bits per heavy atom. The van der Waals surface area contributed by atoms with Gasteiger partial charge in [-0.15, -0.1) is 0 Å². The topological polar surface area (TPSA) is 70.9 Å². The highest BCUT2D eigenvalue weighted by Gasteiger charge is 2.18. The van der Waals surface area contributed by atoms with Crippen LogP contribution >= 0.6 is 0 Å². The van der Waals surface area contributed by atoms with Crippen molar-refractivity contribution in [3.05, 3.63) is 60.9 Å². The van der Waals surface area contributed by atoms with Gasteiger partial charge in [0.05, 0.1) is 6.20 Å². The Bertz CT molecular complexity index is 785. The molecule has 0 amide bonds. The molecule has 4 heterocycles. The average Bonchev–Trinajstić information content (AvgIpc) is 2.71. The zero-order valence-electron chi connectivity index (χ0n) is 13.9. The molecule has 0 aromatic carbocycles. The standard InChI is InChI=1S/C18H19N7/c1-2-4-20-16(3-1)18-22-11-15(12-23-18)14-24-7-9-25(10-8-24)17-13-19-5-6-21-17/h1-6,11-13H,7-10,14H2. The number of piperazine rings is 1. The summed E-state index contributed by atoms with van der Waals surface area (Å²) in [5.74, 6) is 1.61. The summed E-state index contributed by atoms with van der Waals surface area (Å²) in [7, 11) is 0. The highest BCUT2D eigenvalue weighted by atomic mass is 15.3. The Morgan fingerprint density at radius 3 is 2.32 bits per heavy atom. The maximum atomic E-state index is 4.45. The molecule has 0 atom stereocenters. The monoisotopic (exact) mass is 333 g/mol. The first kappa shape index (κ1) is 15.6. The predicted molar refractivity (Wildman–Crippen MR) is 94.8 cm³/mol. The molecule has 3 aromatic heterocycles. The Balaban J connectivity index is 1.34. The quantitative estimate of drug-likeness (QED) is 0.719. The molecule has 126 valence electrons. The number of hydrogen-bond donors (Lipinski definition) is 0. The van der Waals surface area contributed by atoms with Crippen LogP contribution in [0, 0.1) is 0 Å². The third-order valence-corrected chi connectivity index (χ3v) is 4.25. The Hall–Kier alpha value is -2.93. The van der Waals surface area contributed by atoms with Crippen molar-refractivity contribution in [3.63, 3.8) is 0 Å². The first-order chi connectivity index (χ1) is 12.4. The molecule has 1 saturated heterocycles. The molecule has 0 spiro atoms. The lowest BCUT2D eigenvalue weighted by molar-refractivity contribution is 0.249. The van der Waals surface area contributed by atoms with Crippen molar-refractivity contribution in [3.8, 4) is 11.5 Å². The van der Waals surface area contributed by atoms with Gasteiger partial charge in [-0.3, -0.25) is 14.9 Å². The van der Waals surface area contributed by atoms with Crippen molar-refractivity contribution in [2.45, 2.75) is 6.54 Å². The van der Waals surface area contributed by atoms with Crippen LogP contribution in [0.5, 0.6) is 0 Å². The first-order valence-corrected chi connectivity index (χ1v) is 8.34. The average molecular weight is 333 g/mol. The van der Waals surface area contributed by atoms with Crippen molar-refractivity contribution < 1.29 is 0 Å². The third kappa shape index (κ3) is 3.77. The first-order valence-electron chi connectivity index (χ1n) is 8.34. The number of nitrogens with zero attached hydrogens (tertiary/aromatic N) is 7. The van der Waals surface area contributed by atoms with Crippen molar-refractivity contribution in [1.29, 1.82) is 0 Å². The molecule has 1 aliphatic rings. The fourth-order valence-electron chi connectivity index (χ4n) is 2.91. The maximum Gasteiger partial charge on any atom is 0.178 e. The van der Waals surface area contributed by atoms with E-state index in [1.54, 1.807) is 18.6 Å². The van der Waals surface area contributed by atoms with E-state index >= 15 is 0 Å². The van der Waals surface area contributed by atoms with E-state index in [4.69, 9.17) is 0 Å². The number of aromatic nitrogens is 5. The number of pyridine rings is 1. The SMILES string of the molecule is c1ccc(-c2ncc(CN3CCN(c4cnccn4)CC3)cn2)nc1. The minimum absolute atomic E-state index is 0.664. The minimum Gasteiger partial charge on any atom is -0.353 e. The van der Waals surface area contributed by atoms with Crippen LogP contribution in [0.4, 0.5) is 5.82 Å². The second-order valence-corrected chi connectivity index (χ2v) is 5.96. The van der Waals surface area contributed by atoms with E-state index < -0.39 is 0 Å². The summed E-state index contributed by atoms with van der Waals surface area (Å²) >= 11 is 0. The van der Waals surface area contributed by atoms with E-state index in [9.17, 15) is 0 Å². The fraction of sp³-hybridized carbons (Fsp3) is 0.278. The molecule has 4 rings (SSSR count). The molecule has 1 fully saturated rings. The lowest BCUT2D eigenvalue weighted by Gasteiger charge is -2.35. The largest absolute Gasteiger partial charge is 0.353 e. The van der Waals surface area contributed by atoms with Crippen molar-refractivity contribution >= 4 is 5.82 Å². The molecule has 1 aliphatic heterocycles. The second kappa shape index (κ2) is 7.31. The summed E-state index contributed by atoms with van der Waals surface area (Å²) in [6.45, 7) is 4.73. The molecule has 0 unspecified atom stereocenters. The summed E-state index contributed by atoms with van der Waals surface area (Å²) in [5.41, 5.74) is 1.92. The van der Waals surface area contributed by atoms with Gasteiger partial charge in [-0.1, -0.05) is 6.07 Å². The lowest BCUT2D eigenvalue weighted by atomic mass is 10.2. The van der Waals surface area contributed by atoms with Crippen LogP contribution in [-0.2, 0) is 6.54 Å². The van der Waals surface area contributed by atoms with E-state index in [-0.39, 0.29) is 0 Å². The van der Waals surface area contributed by atoms with Crippen molar-refractivity contribution in [2.24, 2.45) is 0 Å². The normalized spacial score (nSPS) is 15.3. The number of anilines is 1. The smallest absolute Gasteiger partial charge is 0.178 e. The summed E-state index contributed by atoms with van der Waals surface area (Å²) in [4.78, 5) is 26.4. The molecule has 7 heteroatoms. The predicted octanol–water partition coefficient (Wildman–Crippen LogP) is 1.65. The van der Waals surface area contributed by atoms with E-state index in [2.05, 4.69) is 34.7 Å². The van der Waals surface area contributed by atoms with Gasteiger partial charge in [-0.05, 0) is 12.1 Å². The second-order valence-electron chi connectivity index (χ2n) is 5.96. The van der Waals surface area contributed by atoms with Crippen LogP contribution in [0.3, 0.4) is 0 Å². The van der Waals surface area contributed by atoms with Crippen LogP contribution in [0.1, 0.15) is 5.56 Å². The van der Waals surface area contributed by atoms with E-state index in [0.717, 1.165) is 49.8 Å².